The van der Waals surface area contributed by atoms with Crippen molar-refractivity contribution in [2.24, 2.45) is 0 Å². The predicted octanol–water partition coefficient (Wildman–Crippen LogP) is 5.59. The van der Waals surface area contributed by atoms with E-state index in [0.717, 1.165) is 26.6 Å². The van der Waals surface area contributed by atoms with Gasteiger partial charge >= 0.3 is 0 Å². The van der Waals surface area contributed by atoms with E-state index in [-0.39, 0.29) is 23.8 Å². The van der Waals surface area contributed by atoms with Crippen molar-refractivity contribution in [3.05, 3.63) is 125 Å². The molecule has 0 bridgehead atoms. The van der Waals surface area contributed by atoms with Crippen LogP contribution >= 0.6 is 0 Å². The van der Waals surface area contributed by atoms with E-state index in [1.54, 1.807) is 43.5 Å². The molecule has 2 amide bonds. The van der Waals surface area contributed by atoms with E-state index >= 15 is 0 Å². The second-order valence-corrected chi connectivity index (χ2v) is 13.0. The number of nitrogens with one attached hydrogen (secondary N) is 1. The van der Waals surface area contributed by atoms with Gasteiger partial charge in [0.05, 0.1) is 17.7 Å². The first-order valence-corrected chi connectivity index (χ1v) is 16.4. The molecular weight excluding hydrogens is 586 g/mol. The third-order valence-corrected chi connectivity index (χ3v) is 9.39. The van der Waals surface area contributed by atoms with E-state index in [1.807, 2.05) is 88.4 Å². The van der Waals surface area contributed by atoms with Crippen molar-refractivity contribution >= 4 is 27.5 Å². The van der Waals surface area contributed by atoms with Crippen molar-refractivity contribution in [2.75, 3.05) is 24.5 Å². The standard InChI is InChI=1S/C36H41N3O5S/c1-6-37-36(41)34(23-29-11-8-7-9-12-29)38(24-30-13-10-14-31(22-30)44-5)35(40)25-39(33-20-17-27(3)21-28(33)4)45(42,43)32-18-15-26(2)16-19-32/h7-22,34H,6,23-25H2,1-5H3,(H,37,41)/t34-/m0/s1. The zero-order chi connectivity index (χ0) is 32.6. The van der Waals surface area contributed by atoms with E-state index in [2.05, 4.69) is 5.32 Å². The van der Waals surface area contributed by atoms with Crippen LogP contribution in [0, 0.1) is 20.8 Å². The van der Waals surface area contributed by atoms with Crippen LogP contribution in [0.3, 0.4) is 0 Å². The Morgan fingerprint density at radius 1 is 0.822 bits per heavy atom. The highest BCUT2D eigenvalue weighted by atomic mass is 32.2. The van der Waals surface area contributed by atoms with Crippen LogP contribution in [0.2, 0.25) is 0 Å². The number of carbonyl (C=O) groups excluding carboxylic acids is 2. The summed E-state index contributed by atoms with van der Waals surface area (Å²) in [5.74, 6) is -0.228. The van der Waals surface area contributed by atoms with E-state index in [9.17, 15) is 18.0 Å². The Balaban J connectivity index is 1.83. The van der Waals surface area contributed by atoms with Crippen LogP contribution in [0.15, 0.2) is 102 Å². The lowest BCUT2D eigenvalue weighted by Gasteiger charge is -2.34. The van der Waals surface area contributed by atoms with Crippen LogP contribution < -0.4 is 14.4 Å². The number of methoxy groups -OCH3 is 1. The lowest BCUT2D eigenvalue weighted by molar-refractivity contribution is -0.140. The minimum absolute atomic E-state index is 0.0654. The number of likely N-dealkylation sites (N-methyl/N-ethyl adjacent to an activating group) is 1. The molecule has 0 unspecified atom stereocenters. The number of hydrogen-bond donors (Lipinski definition) is 1. The molecule has 0 aromatic heterocycles. The van der Waals surface area contributed by atoms with Gasteiger partial charge in [-0.2, -0.15) is 0 Å². The zero-order valence-corrected chi connectivity index (χ0v) is 27.3. The van der Waals surface area contributed by atoms with Gasteiger partial charge in [0.15, 0.2) is 0 Å². The molecule has 4 aromatic rings. The Bertz CT molecular complexity index is 1720. The van der Waals surface area contributed by atoms with Gasteiger partial charge in [-0.1, -0.05) is 77.9 Å². The van der Waals surface area contributed by atoms with Gasteiger partial charge in [0, 0.05) is 19.5 Å². The second-order valence-electron chi connectivity index (χ2n) is 11.1. The van der Waals surface area contributed by atoms with E-state index in [4.69, 9.17) is 4.74 Å². The molecule has 4 rings (SSSR count). The van der Waals surface area contributed by atoms with Gasteiger partial charge in [0.1, 0.15) is 18.3 Å². The fraction of sp³-hybridized carbons (Fsp3) is 0.278. The molecule has 45 heavy (non-hydrogen) atoms. The fourth-order valence-corrected chi connectivity index (χ4v) is 6.73. The van der Waals surface area contributed by atoms with Crippen molar-refractivity contribution in [3.63, 3.8) is 0 Å². The van der Waals surface area contributed by atoms with E-state index in [0.29, 0.717) is 23.5 Å². The Kier molecular flexibility index (Phi) is 11.0. The highest BCUT2D eigenvalue weighted by Gasteiger charge is 2.35. The summed E-state index contributed by atoms with van der Waals surface area (Å²) in [7, 11) is -2.61. The van der Waals surface area contributed by atoms with Crippen LogP contribution in [-0.4, -0.2) is 51.4 Å². The van der Waals surface area contributed by atoms with Gasteiger partial charge in [0.25, 0.3) is 10.0 Å². The van der Waals surface area contributed by atoms with Crippen molar-refractivity contribution in [3.8, 4) is 5.75 Å². The zero-order valence-electron chi connectivity index (χ0n) is 26.5. The molecule has 1 atom stereocenters. The smallest absolute Gasteiger partial charge is 0.264 e. The second kappa shape index (κ2) is 14.9. The van der Waals surface area contributed by atoms with E-state index < -0.39 is 28.5 Å². The van der Waals surface area contributed by atoms with Gasteiger partial charge in [-0.05, 0) is 74.7 Å². The topological polar surface area (TPSA) is 96.0 Å². The highest BCUT2D eigenvalue weighted by Crippen LogP contribution is 2.29. The summed E-state index contributed by atoms with van der Waals surface area (Å²) < 4.78 is 35.0. The van der Waals surface area contributed by atoms with Crippen molar-refractivity contribution < 1.29 is 22.7 Å². The molecule has 9 heteroatoms. The van der Waals surface area contributed by atoms with E-state index in [1.165, 1.54) is 4.90 Å². The van der Waals surface area contributed by atoms with Crippen LogP contribution in [0.4, 0.5) is 5.69 Å². The first-order valence-electron chi connectivity index (χ1n) is 14.9. The quantitative estimate of drug-likeness (QED) is 0.209. The third kappa shape index (κ3) is 8.30. The molecule has 4 aromatic carbocycles. The third-order valence-electron chi connectivity index (χ3n) is 7.62. The van der Waals surface area contributed by atoms with Crippen LogP contribution in [0.25, 0.3) is 0 Å². The number of nitrogens with zero attached hydrogens (tertiary/aromatic N) is 2. The number of rotatable bonds is 13. The minimum Gasteiger partial charge on any atom is -0.497 e. The molecule has 8 nitrogen and oxygen atoms in total. The first kappa shape index (κ1) is 33.3. The molecule has 236 valence electrons. The van der Waals surface area contributed by atoms with Crippen LogP contribution in [0.1, 0.15) is 34.7 Å². The Hall–Kier alpha value is -4.63. The number of hydrogen-bond acceptors (Lipinski definition) is 5. The monoisotopic (exact) mass is 627 g/mol. The number of carbonyl (C=O) groups is 2. The number of aryl methyl sites for hydroxylation is 3. The average Bonchev–Trinajstić information content (AvgIpc) is 3.02. The molecular formula is C36H41N3O5S. The van der Waals surface area contributed by atoms with Gasteiger partial charge in [-0.25, -0.2) is 8.42 Å². The largest absolute Gasteiger partial charge is 0.497 e. The summed E-state index contributed by atoms with van der Waals surface area (Å²) in [6.45, 7) is 7.39. The summed E-state index contributed by atoms with van der Waals surface area (Å²) in [6.07, 6.45) is 0.247. The summed E-state index contributed by atoms with van der Waals surface area (Å²) in [4.78, 5) is 29.7. The highest BCUT2D eigenvalue weighted by molar-refractivity contribution is 7.92. The molecule has 0 spiro atoms. The maximum absolute atomic E-state index is 14.5. The first-order chi connectivity index (χ1) is 21.5. The number of amides is 2. The lowest BCUT2D eigenvalue weighted by atomic mass is 10.0. The van der Waals surface area contributed by atoms with Crippen molar-refractivity contribution in [2.45, 2.75) is 51.6 Å². The molecule has 0 radical (unpaired) electrons. The molecule has 1 N–H and O–H groups in total. The maximum Gasteiger partial charge on any atom is 0.264 e. The fourth-order valence-electron chi connectivity index (χ4n) is 5.25. The van der Waals surface area contributed by atoms with Gasteiger partial charge in [-0.15, -0.1) is 0 Å². The Labute approximate surface area is 266 Å². The average molecular weight is 628 g/mol. The molecule has 0 aliphatic carbocycles. The van der Waals surface area contributed by atoms with Gasteiger partial charge in [0.2, 0.25) is 11.8 Å². The molecule has 0 aliphatic heterocycles. The van der Waals surface area contributed by atoms with Crippen molar-refractivity contribution in [1.82, 2.24) is 10.2 Å². The summed E-state index contributed by atoms with van der Waals surface area (Å²) in [6, 6.07) is 27.8. The summed E-state index contributed by atoms with van der Waals surface area (Å²) in [5.41, 5.74) is 4.60. The number of sulfonamides is 1. The molecule has 0 heterocycles. The number of anilines is 1. The SMILES string of the molecule is CCNC(=O)[C@H](Cc1ccccc1)N(Cc1cccc(OC)c1)C(=O)CN(c1ccc(C)cc1C)S(=O)(=O)c1ccc(C)cc1. The normalized spacial score (nSPS) is 11.8. The number of benzene rings is 4. The Morgan fingerprint density at radius 2 is 1.49 bits per heavy atom. The molecule has 0 saturated heterocycles. The van der Waals surface area contributed by atoms with Crippen LogP contribution in [-0.2, 0) is 32.6 Å². The summed E-state index contributed by atoms with van der Waals surface area (Å²) >= 11 is 0. The van der Waals surface area contributed by atoms with Gasteiger partial charge in [-0.3, -0.25) is 13.9 Å². The molecule has 0 saturated carbocycles. The minimum atomic E-state index is -4.17. The van der Waals surface area contributed by atoms with Gasteiger partial charge < -0.3 is 15.0 Å². The van der Waals surface area contributed by atoms with Crippen molar-refractivity contribution in [1.29, 1.82) is 0 Å². The maximum atomic E-state index is 14.5. The lowest BCUT2D eigenvalue weighted by Crippen LogP contribution is -2.53. The summed E-state index contributed by atoms with van der Waals surface area (Å²) in [5, 5.41) is 2.88. The Morgan fingerprint density at radius 3 is 2.13 bits per heavy atom. The molecule has 0 aliphatic rings. The van der Waals surface area contributed by atoms with Crippen LogP contribution in [0.5, 0.6) is 5.75 Å². The number of ether oxygens (including phenoxy) is 1. The molecule has 0 fully saturated rings. The predicted molar refractivity (Wildman–Crippen MR) is 178 cm³/mol.